The van der Waals surface area contributed by atoms with Gasteiger partial charge < -0.3 is 18.9 Å². The first-order valence-electron chi connectivity index (χ1n) is 12.5. The van der Waals surface area contributed by atoms with Crippen molar-refractivity contribution in [1.82, 2.24) is 5.43 Å². The number of nitrogens with one attached hydrogen (secondary N) is 1. The summed E-state index contributed by atoms with van der Waals surface area (Å²) >= 11 is 0. The smallest absolute Gasteiger partial charge is 0.264 e. The molecule has 0 heterocycles. The van der Waals surface area contributed by atoms with Crippen LogP contribution in [0, 0.1) is 13.8 Å². The third-order valence-corrected chi connectivity index (χ3v) is 7.86. The Morgan fingerprint density at radius 3 is 1.90 bits per heavy atom. The molecule has 214 valence electrons. The van der Waals surface area contributed by atoms with Gasteiger partial charge in [0.05, 0.1) is 44.7 Å². The molecule has 0 aromatic heterocycles. The Hall–Kier alpha value is -4.25. The van der Waals surface area contributed by atoms with Gasteiger partial charge in [0.25, 0.3) is 15.9 Å². The van der Waals surface area contributed by atoms with Gasteiger partial charge in [-0.25, -0.2) is 13.8 Å². The minimum Gasteiger partial charge on any atom is -0.493 e. The molecule has 10 nitrogen and oxygen atoms in total. The Morgan fingerprint density at radius 1 is 0.800 bits per heavy atom. The lowest BCUT2D eigenvalue weighted by Crippen LogP contribution is -2.40. The SMILES string of the molecule is CC/C(=N/NC(=O)CN(c1cc(C)cc(C)c1)S(=O)(=O)c1ccc(OC)c(OC)c1)c1ccc(OC)c(OC)c1. The summed E-state index contributed by atoms with van der Waals surface area (Å²) in [5.74, 6) is 1.11. The second-order valence-electron chi connectivity index (χ2n) is 8.89. The van der Waals surface area contributed by atoms with Crippen LogP contribution in [0.15, 0.2) is 64.6 Å². The third-order valence-electron chi connectivity index (χ3n) is 6.09. The second kappa shape index (κ2) is 13.2. The van der Waals surface area contributed by atoms with Gasteiger partial charge in [-0.05, 0) is 73.9 Å². The maximum Gasteiger partial charge on any atom is 0.264 e. The number of sulfonamides is 1. The number of amides is 1. The van der Waals surface area contributed by atoms with Crippen molar-refractivity contribution in [3.63, 3.8) is 0 Å². The number of methoxy groups -OCH3 is 4. The molecule has 1 amide bonds. The van der Waals surface area contributed by atoms with Gasteiger partial charge >= 0.3 is 0 Å². The van der Waals surface area contributed by atoms with E-state index in [1.54, 1.807) is 37.4 Å². The Bertz CT molecular complexity index is 1480. The monoisotopic (exact) mass is 569 g/mol. The number of hydrogen-bond donors (Lipinski definition) is 1. The molecule has 0 unspecified atom stereocenters. The van der Waals surface area contributed by atoms with Crippen molar-refractivity contribution in [2.24, 2.45) is 5.10 Å². The van der Waals surface area contributed by atoms with Crippen LogP contribution >= 0.6 is 0 Å². The van der Waals surface area contributed by atoms with E-state index < -0.39 is 22.5 Å². The van der Waals surface area contributed by atoms with E-state index in [4.69, 9.17) is 18.9 Å². The fourth-order valence-corrected chi connectivity index (χ4v) is 5.59. The highest BCUT2D eigenvalue weighted by Gasteiger charge is 2.29. The lowest BCUT2D eigenvalue weighted by atomic mass is 10.1. The summed E-state index contributed by atoms with van der Waals surface area (Å²) in [6.07, 6.45) is 0.500. The fraction of sp³-hybridized carbons (Fsp3) is 0.310. The van der Waals surface area contributed by atoms with Crippen LogP contribution in [-0.4, -0.2) is 55.0 Å². The zero-order valence-corrected chi connectivity index (χ0v) is 24.6. The molecule has 0 saturated carbocycles. The fourth-order valence-electron chi connectivity index (χ4n) is 4.17. The number of hydrazone groups is 1. The molecule has 3 rings (SSSR count). The molecule has 1 N–H and O–H groups in total. The van der Waals surface area contributed by atoms with Gasteiger partial charge in [-0.3, -0.25) is 9.10 Å². The van der Waals surface area contributed by atoms with E-state index in [2.05, 4.69) is 10.5 Å². The second-order valence-corrected chi connectivity index (χ2v) is 10.8. The van der Waals surface area contributed by atoms with Gasteiger partial charge in [0, 0.05) is 11.6 Å². The Kier molecular flexibility index (Phi) is 10.0. The predicted octanol–water partition coefficient (Wildman–Crippen LogP) is 4.46. The molecule has 0 spiro atoms. The van der Waals surface area contributed by atoms with Crippen LogP contribution in [0.3, 0.4) is 0 Å². The molecule has 0 aliphatic heterocycles. The van der Waals surface area contributed by atoms with E-state index in [1.807, 2.05) is 26.8 Å². The number of anilines is 1. The number of hydrogen-bond acceptors (Lipinski definition) is 8. The molecule has 40 heavy (non-hydrogen) atoms. The predicted molar refractivity (Wildman–Crippen MR) is 155 cm³/mol. The molecule has 11 heteroatoms. The van der Waals surface area contributed by atoms with Crippen molar-refractivity contribution in [1.29, 1.82) is 0 Å². The minimum atomic E-state index is -4.20. The number of nitrogens with zero attached hydrogens (tertiary/aromatic N) is 2. The molecule has 0 fully saturated rings. The van der Waals surface area contributed by atoms with E-state index >= 15 is 0 Å². The summed E-state index contributed by atoms with van der Waals surface area (Å²) in [6.45, 7) is 5.11. The number of carbonyl (C=O) groups excluding carboxylic acids is 1. The number of ether oxygens (including phenoxy) is 4. The average Bonchev–Trinajstić information content (AvgIpc) is 2.94. The molecule has 0 bridgehead atoms. The van der Waals surface area contributed by atoms with Crippen molar-refractivity contribution in [2.45, 2.75) is 32.1 Å². The van der Waals surface area contributed by atoms with Gasteiger partial charge in [0.1, 0.15) is 6.54 Å². The molecular formula is C29H35N3O7S. The molecule has 0 saturated heterocycles. The number of benzene rings is 3. The van der Waals surface area contributed by atoms with Crippen molar-refractivity contribution >= 4 is 27.3 Å². The molecule has 0 atom stereocenters. The van der Waals surface area contributed by atoms with Crippen LogP contribution in [0.2, 0.25) is 0 Å². The van der Waals surface area contributed by atoms with Crippen molar-refractivity contribution in [2.75, 3.05) is 39.3 Å². The number of aryl methyl sites for hydroxylation is 2. The van der Waals surface area contributed by atoms with Gasteiger partial charge in [-0.15, -0.1) is 0 Å². The average molecular weight is 570 g/mol. The molecule has 0 aliphatic rings. The van der Waals surface area contributed by atoms with Gasteiger partial charge in [-0.1, -0.05) is 13.0 Å². The molecule has 3 aromatic rings. The summed E-state index contributed by atoms with van der Waals surface area (Å²) in [7, 11) is 1.77. The van der Waals surface area contributed by atoms with E-state index in [-0.39, 0.29) is 10.6 Å². The highest BCUT2D eigenvalue weighted by molar-refractivity contribution is 7.92. The van der Waals surface area contributed by atoms with Crippen LogP contribution < -0.4 is 28.7 Å². The quantitative estimate of drug-likeness (QED) is 0.253. The van der Waals surface area contributed by atoms with Crippen LogP contribution in [0.4, 0.5) is 5.69 Å². The Labute approximate surface area is 235 Å². The first-order valence-corrected chi connectivity index (χ1v) is 13.9. The molecular weight excluding hydrogens is 534 g/mol. The van der Waals surface area contributed by atoms with E-state index in [9.17, 15) is 13.2 Å². The zero-order valence-electron chi connectivity index (χ0n) is 23.8. The highest BCUT2D eigenvalue weighted by Crippen LogP contribution is 2.33. The third kappa shape index (κ3) is 6.84. The summed E-state index contributed by atoms with van der Waals surface area (Å²) in [6, 6.07) is 14.9. The van der Waals surface area contributed by atoms with Crippen molar-refractivity contribution in [3.05, 3.63) is 71.3 Å². The maximum absolute atomic E-state index is 13.9. The summed E-state index contributed by atoms with van der Waals surface area (Å²) < 4.78 is 50.1. The highest BCUT2D eigenvalue weighted by atomic mass is 32.2. The van der Waals surface area contributed by atoms with Crippen LogP contribution in [0.25, 0.3) is 0 Å². The number of carbonyl (C=O) groups is 1. The number of rotatable bonds is 12. The maximum atomic E-state index is 13.9. The first kappa shape index (κ1) is 30.3. The summed E-state index contributed by atoms with van der Waals surface area (Å²) in [5.41, 5.74) is 5.87. The molecule has 0 aliphatic carbocycles. The van der Waals surface area contributed by atoms with Crippen LogP contribution in [-0.2, 0) is 14.8 Å². The molecule has 3 aromatic carbocycles. The first-order chi connectivity index (χ1) is 19.1. The lowest BCUT2D eigenvalue weighted by molar-refractivity contribution is -0.119. The molecule has 0 radical (unpaired) electrons. The van der Waals surface area contributed by atoms with Crippen molar-refractivity contribution in [3.8, 4) is 23.0 Å². The zero-order chi connectivity index (χ0) is 29.4. The largest absolute Gasteiger partial charge is 0.493 e. The normalized spacial score (nSPS) is 11.5. The lowest BCUT2D eigenvalue weighted by Gasteiger charge is -2.25. The minimum absolute atomic E-state index is 0.0554. The Balaban J connectivity index is 1.97. The Morgan fingerprint density at radius 2 is 1.35 bits per heavy atom. The van der Waals surface area contributed by atoms with E-state index in [0.717, 1.165) is 21.0 Å². The van der Waals surface area contributed by atoms with Gasteiger partial charge in [0.2, 0.25) is 0 Å². The van der Waals surface area contributed by atoms with Crippen LogP contribution in [0.1, 0.15) is 30.0 Å². The standard InChI is InChI=1S/C29H35N3O7S/c1-8-24(21-9-11-25(36-4)27(16-21)38-6)30-31-29(33)18-32(22-14-19(2)13-20(3)15-22)40(34,35)23-10-12-26(37-5)28(17-23)39-7/h9-17H,8,18H2,1-7H3,(H,31,33)/b30-24-. The summed E-state index contributed by atoms with van der Waals surface area (Å²) in [5, 5.41) is 4.29. The van der Waals surface area contributed by atoms with E-state index in [1.165, 1.54) is 39.5 Å². The van der Waals surface area contributed by atoms with Gasteiger partial charge in [0.15, 0.2) is 23.0 Å². The van der Waals surface area contributed by atoms with E-state index in [0.29, 0.717) is 35.1 Å². The van der Waals surface area contributed by atoms with Crippen LogP contribution in [0.5, 0.6) is 23.0 Å². The topological polar surface area (TPSA) is 116 Å². The van der Waals surface area contributed by atoms with Crippen molar-refractivity contribution < 1.29 is 32.2 Å². The van der Waals surface area contributed by atoms with Gasteiger partial charge in [-0.2, -0.15) is 5.10 Å². The summed E-state index contributed by atoms with van der Waals surface area (Å²) in [4.78, 5) is 13.1.